The molecule has 0 fully saturated rings. The second-order valence-electron chi connectivity index (χ2n) is 8.62. The van der Waals surface area contributed by atoms with E-state index in [9.17, 15) is 14.0 Å². The zero-order chi connectivity index (χ0) is 25.1. The summed E-state index contributed by atoms with van der Waals surface area (Å²) in [5.74, 6) is -1.35. The van der Waals surface area contributed by atoms with Gasteiger partial charge in [-0.05, 0) is 43.3 Å². The fraction of sp³-hybridized carbons (Fsp3) is 0.259. The van der Waals surface area contributed by atoms with Gasteiger partial charge in [0.1, 0.15) is 5.82 Å². The summed E-state index contributed by atoms with van der Waals surface area (Å²) in [6.07, 6.45) is 1.79. The summed E-state index contributed by atoms with van der Waals surface area (Å²) >= 11 is 1.24. The zero-order valence-corrected chi connectivity index (χ0v) is 20.6. The molecule has 0 aliphatic carbocycles. The molecule has 0 spiro atoms. The van der Waals surface area contributed by atoms with Crippen LogP contribution in [-0.2, 0) is 22.5 Å². The van der Waals surface area contributed by atoms with E-state index in [0.29, 0.717) is 22.9 Å². The topological polar surface area (TPSA) is 84.4 Å². The lowest BCUT2D eigenvalue weighted by molar-refractivity contribution is -0.119. The van der Waals surface area contributed by atoms with Gasteiger partial charge in [-0.3, -0.25) is 20.0 Å². The number of pyridine rings is 1. The molecule has 1 aliphatic heterocycles. The highest BCUT2D eigenvalue weighted by atomic mass is 32.1. The van der Waals surface area contributed by atoms with Gasteiger partial charge in [0.05, 0.1) is 16.8 Å². The van der Waals surface area contributed by atoms with Gasteiger partial charge in [-0.15, -0.1) is 11.3 Å². The van der Waals surface area contributed by atoms with Crippen LogP contribution >= 0.6 is 11.3 Å². The van der Waals surface area contributed by atoms with E-state index in [1.54, 1.807) is 17.5 Å². The summed E-state index contributed by atoms with van der Waals surface area (Å²) < 4.78 is 18.6. The number of benzene rings is 2. The molecule has 0 radical (unpaired) electrons. The van der Waals surface area contributed by atoms with Crippen molar-refractivity contribution in [1.29, 1.82) is 0 Å². The van der Waals surface area contributed by atoms with Crippen LogP contribution < -0.4 is 5.32 Å². The van der Waals surface area contributed by atoms with E-state index < -0.39 is 18.5 Å². The monoisotopic (exact) mass is 504 g/mol. The number of halogens is 1. The Kier molecular flexibility index (Phi) is 7.02. The number of thiazole rings is 1. The molecule has 3 heterocycles. The predicted molar refractivity (Wildman–Crippen MR) is 137 cm³/mol. The Bertz CT molecular complexity index is 1420. The number of esters is 1. The fourth-order valence-electron chi connectivity index (χ4n) is 4.43. The molecule has 0 atom stereocenters. The molecule has 2 aromatic carbocycles. The molecule has 0 saturated carbocycles. The molecule has 0 bridgehead atoms. The minimum atomic E-state index is -0.538. The fourth-order valence-corrected chi connectivity index (χ4v) is 5.17. The Balaban J connectivity index is 1.30. The van der Waals surface area contributed by atoms with E-state index in [0.717, 1.165) is 53.7 Å². The molecule has 36 heavy (non-hydrogen) atoms. The standard InChI is InChI=1S/C27H25FN4O3S/c1-2-12-32-13-11-22-20(14-32)25(19-5-3-4-6-21(19)29-22)26(34)35-15-24(33)31-27-30-23(16-36-27)17-7-9-18(28)10-8-17/h3-10,16H,2,11-15H2,1H3,(H,30,31,33). The van der Waals surface area contributed by atoms with Crippen LogP contribution in [0.15, 0.2) is 53.9 Å². The second kappa shape index (κ2) is 10.5. The first-order valence-electron chi connectivity index (χ1n) is 11.8. The number of anilines is 1. The van der Waals surface area contributed by atoms with E-state index in [4.69, 9.17) is 9.72 Å². The number of nitrogens with zero attached hydrogens (tertiary/aromatic N) is 3. The Labute approximate surface area is 211 Å². The van der Waals surface area contributed by atoms with Gasteiger partial charge in [0.2, 0.25) is 0 Å². The van der Waals surface area contributed by atoms with Gasteiger partial charge in [0.15, 0.2) is 11.7 Å². The molecule has 7 nitrogen and oxygen atoms in total. The number of hydrogen-bond acceptors (Lipinski definition) is 7. The first-order valence-corrected chi connectivity index (χ1v) is 12.7. The Morgan fingerprint density at radius 1 is 1.14 bits per heavy atom. The van der Waals surface area contributed by atoms with Crippen LogP contribution in [0, 0.1) is 5.82 Å². The number of carbonyl (C=O) groups is 2. The van der Waals surface area contributed by atoms with Gasteiger partial charge < -0.3 is 4.74 Å². The Morgan fingerprint density at radius 3 is 2.75 bits per heavy atom. The molecule has 2 aromatic heterocycles. The van der Waals surface area contributed by atoms with Gasteiger partial charge in [-0.25, -0.2) is 14.2 Å². The summed E-state index contributed by atoms with van der Waals surface area (Å²) in [6, 6.07) is 13.5. The van der Waals surface area contributed by atoms with Gasteiger partial charge in [0.25, 0.3) is 5.91 Å². The lowest BCUT2D eigenvalue weighted by atomic mass is 9.95. The number of carbonyl (C=O) groups excluding carboxylic acids is 2. The third-order valence-corrected chi connectivity index (χ3v) is 6.85. The Hall–Kier alpha value is -3.69. The maximum atomic E-state index is 13.3. The van der Waals surface area contributed by atoms with Crippen molar-refractivity contribution in [1.82, 2.24) is 14.9 Å². The van der Waals surface area contributed by atoms with E-state index >= 15 is 0 Å². The van der Waals surface area contributed by atoms with E-state index in [1.807, 2.05) is 24.3 Å². The number of amides is 1. The minimum Gasteiger partial charge on any atom is -0.452 e. The molecular formula is C27H25FN4O3S. The van der Waals surface area contributed by atoms with Gasteiger partial charge in [-0.2, -0.15) is 0 Å². The Morgan fingerprint density at radius 2 is 1.94 bits per heavy atom. The quantitative estimate of drug-likeness (QED) is 0.354. The number of fused-ring (bicyclic) bond motifs is 2. The molecule has 184 valence electrons. The van der Waals surface area contributed by atoms with Crippen molar-refractivity contribution in [2.75, 3.05) is 25.0 Å². The normalized spacial score (nSPS) is 13.4. The highest BCUT2D eigenvalue weighted by molar-refractivity contribution is 7.14. The van der Waals surface area contributed by atoms with Crippen molar-refractivity contribution in [2.24, 2.45) is 0 Å². The number of hydrogen-bond donors (Lipinski definition) is 1. The predicted octanol–water partition coefficient (Wildman–Crippen LogP) is 5.06. The van der Waals surface area contributed by atoms with Crippen LogP contribution in [0.25, 0.3) is 22.2 Å². The average molecular weight is 505 g/mol. The average Bonchev–Trinajstić information content (AvgIpc) is 3.35. The number of nitrogens with one attached hydrogen (secondary N) is 1. The first kappa shape index (κ1) is 24.0. The number of rotatable bonds is 7. The highest BCUT2D eigenvalue weighted by Gasteiger charge is 2.26. The summed E-state index contributed by atoms with van der Waals surface area (Å²) in [7, 11) is 0. The molecule has 5 rings (SSSR count). The summed E-state index contributed by atoms with van der Waals surface area (Å²) in [6.45, 7) is 4.16. The largest absolute Gasteiger partial charge is 0.452 e. The summed E-state index contributed by atoms with van der Waals surface area (Å²) in [5, 5.41) is 5.54. The van der Waals surface area contributed by atoms with Crippen LogP contribution in [0.1, 0.15) is 35.0 Å². The van der Waals surface area contributed by atoms with Gasteiger partial charge >= 0.3 is 5.97 Å². The van der Waals surface area contributed by atoms with Crippen molar-refractivity contribution >= 4 is 39.2 Å². The van der Waals surface area contributed by atoms with Crippen LogP contribution in [0.5, 0.6) is 0 Å². The van der Waals surface area contributed by atoms with Crippen molar-refractivity contribution < 1.29 is 18.7 Å². The van der Waals surface area contributed by atoms with Crippen LogP contribution in [0.3, 0.4) is 0 Å². The van der Waals surface area contributed by atoms with Crippen molar-refractivity contribution in [3.05, 3.63) is 76.5 Å². The van der Waals surface area contributed by atoms with E-state index in [-0.39, 0.29) is 5.82 Å². The number of para-hydroxylation sites is 1. The maximum absolute atomic E-state index is 13.3. The van der Waals surface area contributed by atoms with Gasteiger partial charge in [-0.1, -0.05) is 25.1 Å². The first-order chi connectivity index (χ1) is 17.5. The number of ether oxygens (including phenoxy) is 1. The third-order valence-electron chi connectivity index (χ3n) is 6.09. The molecule has 4 aromatic rings. The second-order valence-corrected chi connectivity index (χ2v) is 9.48. The molecule has 9 heteroatoms. The third kappa shape index (κ3) is 5.12. The SMILES string of the molecule is CCCN1CCc2nc3ccccc3c(C(=O)OCC(=O)Nc3nc(-c4ccc(F)cc4)cs3)c2C1. The van der Waals surface area contributed by atoms with Crippen LogP contribution in [-0.4, -0.2) is 46.4 Å². The van der Waals surface area contributed by atoms with E-state index in [2.05, 4.69) is 22.1 Å². The van der Waals surface area contributed by atoms with Crippen molar-refractivity contribution in [3.63, 3.8) is 0 Å². The molecule has 0 unspecified atom stereocenters. The van der Waals surface area contributed by atoms with E-state index in [1.165, 1.54) is 23.5 Å². The summed E-state index contributed by atoms with van der Waals surface area (Å²) in [4.78, 5) is 37.3. The molecule has 1 amide bonds. The smallest absolute Gasteiger partial charge is 0.339 e. The molecule has 0 saturated heterocycles. The highest BCUT2D eigenvalue weighted by Crippen LogP contribution is 2.29. The number of aromatic nitrogens is 2. The van der Waals surface area contributed by atoms with Crippen molar-refractivity contribution in [3.8, 4) is 11.3 Å². The lowest BCUT2D eigenvalue weighted by Gasteiger charge is -2.29. The van der Waals surface area contributed by atoms with Gasteiger partial charge in [0, 0.05) is 47.1 Å². The van der Waals surface area contributed by atoms with Crippen LogP contribution in [0.2, 0.25) is 0 Å². The minimum absolute atomic E-state index is 0.328. The molecule has 1 aliphatic rings. The maximum Gasteiger partial charge on any atom is 0.339 e. The summed E-state index contributed by atoms with van der Waals surface area (Å²) in [5.41, 5.74) is 4.38. The van der Waals surface area contributed by atoms with Crippen LogP contribution in [0.4, 0.5) is 9.52 Å². The van der Waals surface area contributed by atoms with Crippen molar-refractivity contribution in [2.45, 2.75) is 26.3 Å². The zero-order valence-electron chi connectivity index (χ0n) is 19.8. The lowest BCUT2D eigenvalue weighted by Crippen LogP contribution is -2.33. The molecule has 1 N–H and O–H groups in total. The molecular weight excluding hydrogens is 479 g/mol.